The Labute approximate surface area is 187 Å². The van der Waals surface area contributed by atoms with Gasteiger partial charge in [-0.3, -0.25) is 0 Å². The van der Waals surface area contributed by atoms with Crippen molar-refractivity contribution in [2.24, 2.45) is 0 Å². The number of rotatable bonds is 3. The average Bonchev–Trinajstić information content (AvgIpc) is 2.83. The summed E-state index contributed by atoms with van der Waals surface area (Å²) in [5.41, 5.74) is -1.92. The normalized spacial score (nSPS) is 11.9. The molecule has 5 rings (SSSR count). The maximum absolute atomic E-state index is 14.9. The predicted octanol–water partition coefficient (Wildman–Crippen LogP) is 5.74. The molecule has 1 N–H and O–H groups in total. The molecule has 0 spiro atoms. The van der Waals surface area contributed by atoms with Gasteiger partial charge in [0.2, 0.25) is 0 Å². The second-order valence-electron chi connectivity index (χ2n) is 7.42. The molecular formula is C22H5BF10O2. The minimum atomic E-state index is -3.08. The molecule has 0 aromatic heterocycles. The van der Waals surface area contributed by atoms with Crippen LogP contribution in [0, 0.1) is 58.2 Å². The van der Waals surface area contributed by atoms with Crippen LogP contribution >= 0.6 is 0 Å². The van der Waals surface area contributed by atoms with Crippen LogP contribution in [0.2, 0.25) is 0 Å². The Morgan fingerprint density at radius 2 is 1.03 bits per heavy atom. The van der Waals surface area contributed by atoms with Gasteiger partial charge < -0.3 is 9.68 Å². The molecule has 0 heterocycles. The summed E-state index contributed by atoms with van der Waals surface area (Å²) in [6.07, 6.45) is 0. The van der Waals surface area contributed by atoms with E-state index in [1.807, 2.05) is 0 Å². The van der Waals surface area contributed by atoms with Gasteiger partial charge in [0.1, 0.15) is 11.6 Å². The molecule has 0 unspecified atom stereocenters. The molecule has 0 aliphatic rings. The zero-order chi connectivity index (χ0) is 25.5. The van der Waals surface area contributed by atoms with Gasteiger partial charge in [0.05, 0.1) is 16.2 Å². The molecule has 0 bridgehead atoms. The Morgan fingerprint density at radius 3 is 1.66 bits per heavy atom. The molecule has 0 aliphatic carbocycles. The summed E-state index contributed by atoms with van der Waals surface area (Å²) in [6.45, 7) is 0. The molecule has 5 aromatic carbocycles. The zero-order valence-electron chi connectivity index (χ0n) is 16.5. The Bertz CT molecular complexity index is 1680. The Kier molecular flexibility index (Phi) is 5.02. The first-order valence-corrected chi connectivity index (χ1v) is 9.45. The second-order valence-corrected chi connectivity index (χ2v) is 7.42. The number of halogens is 10. The van der Waals surface area contributed by atoms with Gasteiger partial charge in [0, 0.05) is 16.2 Å². The Hall–Kier alpha value is -3.74. The van der Waals surface area contributed by atoms with Crippen LogP contribution in [0.4, 0.5) is 43.9 Å². The molecule has 2 nitrogen and oxygen atoms in total. The lowest BCUT2D eigenvalue weighted by Gasteiger charge is -2.19. The van der Waals surface area contributed by atoms with Gasteiger partial charge in [0.15, 0.2) is 52.4 Å². The van der Waals surface area contributed by atoms with Crippen molar-refractivity contribution >= 4 is 44.9 Å². The maximum Gasteiger partial charge on any atom is 0.566 e. The highest BCUT2D eigenvalue weighted by Crippen LogP contribution is 2.44. The van der Waals surface area contributed by atoms with E-state index in [0.29, 0.717) is 0 Å². The van der Waals surface area contributed by atoms with Gasteiger partial charge in [-0.1, -0.05) is 12.1 Å². The Morgan fingerprint density at radius 1 is 0.514 bits per heavy atom. The highest BCUT2D eigenvalue weighted by Gasteiger charge is 2.37. The fourth-order valence-electron chi connectivity index (χ4n) is 4.04. The summed E-state index contributed by atoms with van der Waals surface area (Å²) in [5, 5.41) is 6.32. The van der Waals surface area contributed by atoms with E-state index < -0.39 is 103 Å². The van der Waals surface area contributed by atoms with Crippen LogP contribution in [0.1, 0.15) is 0 Å². The predicted molar refractivity (Wildman–Crippen MR) is 104 cm³/mol. The zero-order valence-corrected chi connectivity index (χ0v) is 16.5. The van der Waals surface area contributed by atoms with E-state index in [0.717, 1.165) is 24.3 Å². The Balaban J connectivity index is 1.83. The van der Waals surface area contributed by atoms with Gasteiger partial charge in [-0.2, -0.15) is 4.39 Å². The van der Waals surface area contributed by atoms with E-state index in [1.165, 1.54) is 0 Å². The molecule has 0 radical (unpaired) electrons. The second kappa shape index (κ2) is 7.64. The van der Waals surface area contributed by atoms with Crippen LogP contribution in [0.5, 0.6) is 5.75 Å². The van der Waals surface area contributed by atoms with Crippen LogP contribution in [0.15, 0.2) is 24.3 Å². The third kappa shape index (κ3) is 2.97. The minimum Gasteiger partial charge on any atom is -0.530 e. The topological polar surface area (TPSA) is 29.5 Å². The molecule has 178 valence electrons. The van der Waals surface area contributed by atoms with Crippen molar-refractivity contribution in [2.45, 2.75) is 0 Å². The van der Waals surface area contributed by atoms with Crippen molar-refractivity contribution in [1.82, 2.24) is 0 Å². The van der Waals surface area contributed by atoms with Crippen molar-refractivity contribution in [3.05, 3.63) is 82.4 Å². The molecule has 0 aliphatic heterocycles. The number of benzene rings is 5. The van der Waals surface area contributed by atoms with Gasteiger partial charge in [-0.05, 0) is 17.5 Å². The molecule has 0 saturated carbocycles. The molecule has 0 amide bonds. The first kappa shape index (κ1) is 23.0. The van der Waals surface area contributed by atoms with E-state index in [-0.39, 0.29) is 5.39 Å². The lowest BCUT2D eigenvalue weighted by molar-refractivity contribution is 0.371. The van der Waals surface area contributed by atoms with Gasteiger partial charge in [-0.25, -0.2) is 39.5 Å². The largest absolute Gasteiger partial charge is 0.566 e. The summed E-state index contributed by atoms with van der Waals surface area (Å²) in [5.74, 6) is -23.0. The first-order valence-electron chi connectivity index (χ1n) is 9.45. The van der Waals surface area contributed by atoms with Crippen LogP contribution in [0.3, 0.4) is 0 Å². The fourth-order valence-corrected chi connectivity index (χ4v) is 4.04. The van der Waals surface area contributed by atoms with Crippen molar-refractivity contribution < 1.29 is 53.6 Å². The summed E-state index contributed by atoms with van der Waals surface area (Å²) in [6, 6.07) is 4.02. The van der Waals surface area contributed by atoms with Crippen molar-refractivity contribution in [3.8, 4) is 5.75 Å². The average molecular weight is 502 g/mol. The van der Waals surface area contributed by atoms with Gasteiger partial charge in [0.25, 0.3) is 0 Å². The SMILES string of the molecule is OB(Oc1c(F)c(F)c2c(F)c(F)c3c(F)ccc4ccc1c2c43)c1c(F)c(F)c(F)c(F)c1F. The van der Waals surface area contributed by atoms with Crippen molar-refractivity contribution in [2.75, 3.05) is 0 Å². The standard InChI is InChI=1S/C22H5BF10O2/c24-7-4-2-5-1-3-6-9-8(5)10(7)13(25)14(26)11(9)15(27)21(33)22(6)35-23(34)12-16(28)18(30)20(32)19(31)17(12)29/h1-4,34H. The molecule has 5 aromatic rings. The van der Waals surface area contributed by atoms with Gasteiger partial charge >= 0.3 is 7.12 Å². The highest BCUT2D eigenvalue weighted by atomic mass is 19.2. The summed E-state index contributed by atoms with van der Waals surface area (Å²) < 4.78 is 146. The lowest BCUT2D eigenvalue weighted by atomic mass is 9.78. The molecule has 35 heavy (non-hydrogen) atoms. The van der Waals surface area contributed by atoms with Crippen molar-refractivity contribution in [3.63, 3.8) is 0 Å². The molecule has 0 saturated heterocycles. The molecule has 0 atom stereocenters. The van der Waals surface area contributed by atoms with Crippen LogP contribution in [-0.4, -0.2) is 12.1 Å². The summed E-state index contributed by atoms with van der Waals surface area (Å²) >= 11 is 0. The number of hydrogen-bond acceptors (Lipinski definition) is 2. The first-order chi connectivity index (χ1) is 16.5. The fraction of sp³-hybridized carbons (Fsp3) is 0. The van der Waals surface area contributed by atoms with Crippen LogP contribution in [0.25, 0.3) is 32.3 Å². The molecule has 13 heteroatoms. The monoisotopic (exact) mass is 502 g/mol. The van der Waals surface area contributed by atoms with E-state index in [4.69, 9.17) is 0 Å². The lowest BCUT2D eigenvalue weighted by Crippen LogP contribution is -2.43. The summed E-state index contributed by atoms with van der Waals surface area (Å²) in [7, 11) is -3.08. The van der Waals surface area contributed by atoms with Gasteiger partial charge in [-0.15, -0.1) is 0 Å². The quantitative estimate of drug-likeness (QED) is 0.112. The molecular weight excluding hydrogens is 497 g/mol. The maximum atomic E-state index is 14.9. The summed E-state index contributed by atoms with van der Waals surface area (Å²) in [4.78, 5) is 0. The van der Waals surface area contributed by atoms with E-state index in [2.05, 4.69) is 4.65 Å². The smallest absolute Gasteiger partial charge is 0.530 e. The van der Waals surface area contributed by atoms with E-state index in [9.17, 15) is 48.9 Å². The van der Waals surface area contributed by atoms with Crippen molar-refractivity contribution in [1.29, 1.82) is 0 Å². The van der Waals surface area contributed by atoms with E-state index in [1.54, 1.807) is 0 Å². The van der Waals surface area contributed by atoms with Crippen LogP contribution < -0.4 is 10.1 Å². The van der Waals surface area contributed by atoms with E-state index >= 15 is 0 Å². The van der Waals surface area contributed by atoms with Crippen LogP contribution in [-0.2, 0) is 0 Å². The third-order valence-corrected chi connectivity index (χ3v) is 5.59. The highest BCUT2D eigenvalue weighted by molar-refractivity contribution is 6.61. The molecule has 0 fully saturated rings. The minimum absolute atomic E-state index is 0.0510. The third-order valence-electron chi connectivity index (χ3n) is 5.59. The number of hydrogen-bond donors (Lipinski definition) is 1.